The number of hydrogen-bond acceptors (Lipinski definition) is 2. The molecule has 1 aliphatic rings. The fourth-order valence-corrected chi connectivity index (χ4v) is 0.813. The molecule has 0 fully saturated rings. The Hall–Kier alpha value is -0.760. The van der Waals surface area contributed by atoms with Gasteiger partial charge in [0, 0.05) is 0 Å². The van der Waals surface area contributed by atoms with Crippen LogP contribution >= 0.6 is 0 Å². The van der Waals surface area contributed by atoms with Crippen LogP contribution in [0.25, 0.3) is 0 Å². The molecule has 0 amide bonds. The largest absolute Gasteiger partial charge is 0.388 e. The third-order valence-electron chi connectivity index (χ3n) is 1.48. The molecule has 1 heterocycles. The third kappa shape index (κ3) is 1.61. The zero-order chi connectivity index (χ0) is 7.61. The molecule has 1 atom stereocenters. The zero-order valence-electron chi connectivity index (χ0n) is 6.26. The van der Waals surface area contributed by atoms with Crippen molar-refractivity contribution in [3.8, 4) is 0 Å². The molecular weight excluding hydrogens is 126 g/mol. The van der Waals surface area contributed by atoms with Crippen LogP contribution in [0.2, 0.25) is 0 Å². The fraction of sp³-hybridized carbons (Fsp3) is 0.500. The molecule has 0 aromatic rings. The summed E-state index contributed by atoms with van der Waals surface area (Å²) in [6, 6.07) is -0.0162. The Morgan fingerprint density at radius 2 is 2.30 bits per heavy atom. The molecule has 2 heteroatoms. The van der Waals surface area contributed by atoms with Gasteiger partial charge in [0.2, 0.25) is 0 Å². The normalized spacial score (nSPS) is 24.5. The molecule has 0 aromatic heterocycles. The molecule has 55 valence electrons. The first kappa shape index (κ1) is 7.35. The van der Waals surface area contributed by atoms with Crippen molar-refractivity contribution in [3.05, 3.63) is 24.4 Å². The molecule has 2 nitrogen and oxygen atoms in total. The SMILES string of the molecule is CC(C)(O)C1C=CC=[C]N1. The Bertz CT molecular complexity index is 165. The first-order valence-corrected chi connectivity index (χ1v) is 3.34. The Morgan fingerprint density at radius 1 is 1.60 bits per heavy atom. The van der Waals surface area contributed by atoms with Crippen molar-refractivity contribution in [2.75, 3.05) is 0 Å². The summed E-state index contributed by atoms with van der Waals surface area (Å²) in [7, 11) is 0. The molecule has 0 saturated heterocycles. The van der Waals surface area contributed by atoms with Crippen LogP contribution in [0, 0.1) is 6.20 Å². The first-order chi connectivity index (χ1) is 4.61. The Morgan fingerprint density at radius 3 is 2.60 bits per heavy atom. The first-order valence-electron chi connectivity index (χ1n) is 3.34. The van der Waals surface area contributed by atoms with E-state index in [4.69, 9.17) is 0 Å². The van der Waals surface area contributed by atoms with Crippen LogP contribution in [-0.2, 0) is 0 Å². The number of hydrogen-bond donors (Lipinski definition) is 2. The maximum absolute atomic E-state index is 9.47. The van der Waals surface area contributed by atoms with Crippen molar-refractivity contribution < 1.29 is 5.11 Å². The van der Waals surface area contributed by atoms with E-state index in [1.165, 1.54) is 0 Å². The van der Waals surface area contributed by atoms with Crippen LogP contribution in [0.4, 0.5) is 0 Å². The predicted molar refractivity (Wildman–Crippen MR) is 40.2 cm³/mol. The molecule has 2 N–H and O–H groups in total. The second-order valence-electron chi connectivity index (χ2n) is 2.97. The van der Waals surface area contributed by atoms with E-state index in [9.17, 15) is 5.11 Å². The number of aliphatic hydroxyl groups is 1. The topological polar surface area (TPSA) is 32.3 Å². The Kier molecular flexibility index (Phi) is 1.81. The van der Waals surface area contributed by atoms with Gasteiger partial charge < -0.3 is 10.4 Å². The van der Waals surface area contributed by atoms with E-state index in [2.05, 4.69) is 11.5 Å². The predicted octanol–water partition coefficient (Wildman–Crippen LogP) is 0.602. The molecule has 0 spiro atoms. The fourth-order valence-electron chi connectivity index (χ4n) is 0.813. The van der Waals surface area contributed by atoms with E-state index in [0.717, 1.165) is 0 Å². The summed E-state index contributed by atoms with van der Waals surface area (Å²) in [6.07, 6.45) is 8.39. The smallest absolute Gasteiger partial charge is 0.0827 e. The average Bonchev–Trinajstić information content (AvgIpc) is 1.88. The van der Waals surface area contributed by atoms with Gasteiger partial charge in [0.25, 0.3) is 0 Å². The van der Waals surface area contributed by atoms with E-state index < -0.39 is 5.60 Å². The van der Waals surface area contributed by atoms with Crippen LogP contribution in [0.5, 0.6) is 0 Å². The van der Waals surface area contributed by atoms with Crippen LogP contribution < -0.4 is 5.32 Å². The molecule has 0 aliphatic carbocycles. The molecule has 1 unspecified atom stereocenters. The van der Waals surface area contributed by atoms with Gasteiger partial charge in [-0.05, 0) is 19.9 Å². The maximum atomic E-state index is 9.47. The van der Waals surface area contributed by atoms with Gasteiger partial charge in [-0.1, -0.05) is 12.2 Å². The van der Waals surface area contributed by atoms with E-state index in [1.54, 1.807) is 19.9 Å². The van der Waals surface area contributed by atoms with Crippen LogP contribution in [-0.4, -0.2) is 16.7 Å². The van der Waals surface area contributed by atoms with Gasteiger partial charge in [0.05, 0.1) is 17.8 Å². The van der Waals surface area contributed by atoms with Crippen LogP contribution in [0.15, 0.2) is 18.2 Å². The summed E-state index contributed by atoms with van der Waals surface area (Å²) in [5, 5.41) is 12.4. The van der Waals surface area contributed by atoms with E-state index in [-0.39, 0.29) is 6.04 Å². The second kappa shape index (κ2) is 2.46. The standard InChI is InChI=1S/C8H12NO/c1-8(2,10)7-5-3-4-6-9-7/h3-5,7,9-10H,1-2H3. The highest BCUT2D eigenvalue weighted by Crippen LogP contribution is 2.11. The molecule has 1 radical (unpaired) electrons. The number of rotatable bonds is 1. The summed E-state index contributed by atoms with van der Waals surface area (Å²) in [6.45, 7) is 3.53. The van der Waals surface area contributed by atoms with Gasteiger partial charge in [-0.3, -0.25) is 0 Å². The second-order valence-corrected chi connectivity index (χ2v) is 2.97. The third-order valence-corrected chi connectivity index (χ3v) is 1.48. The molecule has 0 aromatic carbocycles. The highest BCUT2D eigenvalue weighted by molar-refractivity contribution is 5.12. The van der Waals surface area contributed by atoms with Gasteiger partial charge in [-0.25, -0.2) is 0 Å². The van der Waals surface area contributed by atoms with Gasteiger partial charge in [0.1, 0.15) is 0 Å². The zero-order valence-corrected chi connectivity index (χ0v) is 6.26. The van der Waals surface area contributed by atoms with Crippen molar-refractivity contribution in [2.24, 2.45) is 0 Å². The lowest BCUT2D eigenvalue weighted by Crippen LogP contribution is -2.44. The lowest BCUT2D eigenvalue weighted by molar-refractivity contribution is 0.0577. The minimum absolute atomic E-state index is 0.0162. The highest BCUT2D eigenvalue weighted by atomic mass is 16.3. The highest BCUT2D eigenvalue weighted by Gasteiger charge is 2.23. The summed E-state index contributed by atoms with van der Waals surface area (Å²) < 4.78 is 0. The van der Waals surface area contributed by atoms with E-state index in [0.29, 0.717) is 0 Å². The average molecular weight is 138 g/mol. The lowest BCUT2D eigenvalue weighted by Gasteiger charge is -2.27. The summed E-state index contributed by atoms with van der Waals surface area (Å²) in [5.41, 5.74) is -0.711. The van der Waals surface area contributed by atoms with E-state index >= 15 is 0 Å². The van der Waals surface area contributed by atoms with Crippen LogP contribution in [0.1, 0.15) is 13.8 Å². The van der Waals surface area contributed by atoms with Gasteiger partial charge in [-0.15, -0.1) is 0 Å². The maximum Gasteiger partial charge on any atom is 0.0827 e. The monoisotopic (exact) mass is 138 g/mol. The summed E-state index contributed by atoms with van der Waals surface area (Å²) in [4.78, 5) is 0. The van der Waals surface area contributed by atoms with Gasteiger partial charge in [0.15, 0.2) is 0 Å². The number of nitrogens with one attached hydrogen (secondary N) is 1. The summed E-state index contributed by atoms with van der Waals surface area (Å²) in [5.74, 6) is 0. The van der Waals surface area contributed by atoms with E-state index in [1.807, 2.05) is 12.2 Å². The Labute approximate surface area is 61.3 Å². The van der Waals surface area contributed by atoms with Crippen molar-refractivity contribution in [1.29, 1.82) is 0 Å². The van der Waals surface area contributed by atoms with Gasteiger partial charge in [-0.2, -0.15) is 0 Å². The molecule has 1 aliphatic heterocycles. The minimum Gasteiger partial charge on any atom is -0.388 e. The van der Waals surface area contributed by atoms with Gasteiger partial charge >= 0.3 is 0 Å². The van der Waals surface area contributed by atoms with Crippen molar-refractivity contribution in [3.63, 3.8) is 0 Å². The lowest BCUT2D eigenvalue weighted by atomic mass is 9.98. The molecule has 10 heavy (non-hydrogen) atoms. The number of allylic oxidation sites excluding steroid dienone is 2. The minimum atomic E-state index is -0.711. The molecule has 1 rings (SSSR count). The molecule has 0 bridgehead atoms. The number of dihydropyridines is 1. The van der Waals surface area contributed by atoms with Crippen molar-refractivity contribution in [1.82, 2.24) is 5.32 Å². The summed E-state index contributed by atoms with van der Waals surface area (Å²) >= 11 is 0. The van der Waals surface area contributed by atoms with Crippen LogP contribution in [0.3, 0.4) is 0 Å². The molecular formula is C8H12NO. The quantitative estimate of drug-likeness (QED) is 0.556. The Balaban J connectivity index is 2.60. The van der Waals surface area contributed by atoms with Crippen molar-refractivity contribution >= 4 is 0 Å². The van der Waals surface area contributed by atoms with Crippen molar-refractivity contribution in [2.45, 2.75) is 25.5 Å². The molecule has 0 saturated carbocycles.